The van der Waals surface area contributed by atoms with Gasteiger partial charge >= 0.3 is 5.97 Å². The molecule has 1 aliphatic rings. The van der Waals surface area contributed by atoms with Crippen LogP contribution in [0.15, 0.2) is 47.5 Å². The quantitative estimate of drug-likeness (QED) is 0.698. The van der Waals surface area contributed by atoms with Crippen LogP contribution in [0.4, 0.5) is 5.69 Å². The molecule has 2 aromatic rings. The monoisotopic (exact) mass is 316 g/mol. The SMILES string of the molecule is CCOC(=O)C1(c2cccn2C)Sc2ccccc2NC1=O. The lowest BCUT2D eigenvalue weighted by Gasteiger charge is -2.34. The molecule has 0 fully saturated rings. The molecular weight excluding hydrogens is 300 g/mol. The minimum atomic E-state index is -1.43. The number of aryl methyl sites for hydroxylation is 1. The number of carbonyl (C=O) groups excluding carboxylic acids is 2. The predicted octanol–water partition coefficient (Wildman–Crippen LogP) is 2.53. The molecule has 1 aliphatic heterocycles. The molecule has 2 heterocycles. The first-order chi connectivity index (χ1) is 10.6. The number of nitrogens with one attached hydrogen (secondary N) is 1. The Bertz CT molecular complexity index is 740. The highest BCUT2D eigenvalue weighted by Crippen LogP contribution is 2.49. The minimum absolute atomic E-state index is 0.223. The highest BCUT2D eigenvalue weighted by molar-refractivity contribution is 8.02. The smallest absolute Gasteiger partial charge is 0.338 e. The van der Waals surface area contributed by atoms with Gasteiger partial charge in [0.2, 0.25) is 4.75 Å². The number of rotatable bonds is 3. The Morgan fingerprint density at radius 3 is 2.77 bits per heavy atom. The van der Waals surface area contributed by atoms with E-state index < -0.39 is 10.7 Å². The van der Waals surface area contributed by atoms with Crippen molar-refractivity contribution in [2.24, 2.45) is 7.05 Å². The molecule has 0 saturated carbocycles. The van der Waals surface area contributed by atoms with Crippen LogP contribution in [0, 0.1) is 0 Å². The number of benzene rings is 1. The van der Waals surface area contributed by atoms with Crippen LogP contribution in [0.5, 0.6) is 0 Å². The van der Waals surface area contributed by atoms with E-state index in [1.54, 1.807) is 17.6 Å². The van der Waals surface area contributed by atoms with Gasteiger partial charge in [-0.2, -0.15) is 0 Å². The van der Waals surface area contributed by atoms with E-state index in [0.29, 0.717) is 11.4 Å². The van der Waals surface area contributed by atoms with Gasteiger partial charge in [0.1, 0.15) is 0 Å². The molecule has 1 unspecified atom stereocenters. The van der Waals surface area contributed by atoms with Crippen LogP contribution in [-0.4, -0.2) is 23.1 Å². The molecule has 0 bridgehead atoms. The largest absolute Gasteiger partial charge is 0.464 e. The summed E-state index contributed by atoms with van der Waals surface area (Å²) in [5.74, 6) is -0.926. The lowest BCUT2D eigenvalue weighted by atomic mass is 10.0. The van der Waals surface area contributed by atoms with Crippen molar-refractivity contribution < 1.29 is 14.3 Å². The first kappa shape index (κ1) is 14.7. The van der Waals surface area contributed by atoms with E-state index in [0.717, 1.165) is 4.90 Å². The van der Waals surface area contributed by atoms with Crippen molar-refractivity contribution >= 4 is 29.3 Å². The van der Waals surface area contributed by atoms with Gasteiger partial charge in [0.25, 0.3) is 5.91 Å². The second-order valence-electron chi connectivity index (χ2n) is 4.96. The molecular formula is C16H16N2O3S. The van der Waals surface area contributed by atoms with Crippen LogP contribution >= 0.6 is 11.8 Å². The van der Waals surface area contributed by atoms with Gasteiger partial charge in [-0.15, -0.1) is 0 Å². The molecule has 0 radical (unpaired) electrons. The zero-order valence-electron chi connectivity index (χ0n) is 12.3. The molecule has 1 aromatic carbocycles. The number of amides is 1. The Morgan fingerprint density at radius 2 is 2.09 bits per heavy atom. The van der Waals surface area contributed by atoms with E-state index in [-0.39, 0.29) is 12.5 Å². The number of thioether (sulfide) groups is 1. The number of hydrogen-bond acceptors (Lipinski definition) is 4. The highest BCUT2D eigenvalue weighted by atomic mass is 32.2. The molecule has 1 amide bonds. The van der Waals surface area contributed by atoms with Crippen molar-refractivity contribution in [3.8, 4) is 0 Å². The summed E-state index contributed by atoms with van der Waals surface area (Å²) in [5, 5.41) is 2.83. The standard InChI is InChI=1S/C16H16N2O3S/c1-3-21-15(20)16(13-9-6-10-18(13)2)14(19)17-11-7-4-5-8-12(11)22-16/h4-10H,3H2,1-2H3,(H,17,19). The number of nitrogens with zero attached hydrogens (tertiary/aromatic N) is 1. The molecule has 1 N–H and O–H groups in total. The Kier molecular flexibility index (Phi) is 3.70. The highest BCUT2D eigenvalue weighted by Gasteiger charge is 2.54. The van der Waals surface area contributed by atoms with Gasteiger partial charge in [-0.05, 0) is 31.2 Å². The lowest BCUT2D eigenvalue weighted by molar-refractivity contribution is -0.149. The Balaban J connectivity index is 2.17. The van der Waals surface area contributed by atoms with Gasteiger partial charge in [-0.25, -0.2) is 4.79 Å². The van der Waals surface area contributed by atoms with Crippen LogP contribution in [-0.2, 0) is 26.1 Å². The van der Waals surface area contributed by atoms with E-state index in [1.165, 1.54) is 11.8 Å². The van der Waals surface area contributed by atoms with Crippen molar-refractivity contribution in [3.63, 3.8) is 0 Å². The number of anilines is 1. The molecule has 1 aromatic heterocycles. The second kappa shape index (κ2) is 5.53. The maximum absolute atomic E-state index is 12.8. The van der Waals surface area contributed by atoms with Crippen molar-refractivity contribution in [3.05, 3.63) is 48.3 Å². The zero-order valence-corrected chi connectivity index (χ0v) is 13.1. The maximum atomic E-state index is 12.8. The van der Waals surface area contributed by atoms with E-state index in [2.05, 4.69) is 5.32 Å². The first-order valence-corrected chi connectivity index (χ1v) is 7.79. The van der Waals surface area contributed by atoms with Crippen LogP contribution in [0.2, 0.25) is 0 Å². The minimum Gasteiger partial charge on any atom is -0.464 e. The average Bonchev–Trinajstić information content (AvgIpc) is 2.93. The third-order valence-electron chi connectivity index (χ3n) is 3.59. The van der Waals surface area contributed by atoms with Gasteiger partial charge in [-0.1, -0.05) is 23.9 Å². The van der Waals surface area contributed by atoms with Crippen molar-refractivity contribution in [2.75, 3.05) is 11.9 Å². The normalized spacial score (nSPS) is 20.2. The first-order valence-electron chi connectivity index (χ1n) is 6.98. The summed E-state index contributed by atoms with van der Waals surface area (Å²) in [7, 11) is 1.81. The molecule has 0 spiro atoms. The predicted molar refractivity (Wildman–Crippen MR) is 84.7 cm³/mol. The second-order valence-corrected chi connectivity index (χ2v) is 6.21. The number of para-hydroxylation sites is 1. The zero-order chi connectivity index (χ0) is 15.7. The fourth-order valence-electron chi connectivity index (χ4n) is 2.55. The van der Waals surface area contributed by atoms with Crippen molar-refractivity contribution in [1.82, 2.24) is 4.57 Å². The molecule has 0 saturated heterocycles. The molecule has 22 heavy (non-hydrogen) atoms. The Morgan fingerprint density at radius 1 is 1.32 bits per heavy atom. The van der Waals surface area contributed by atoms with Crippen molar-refractivity contribution in [1.29, 1.82) is 0 Å². The molecule has 114 valence electrons. The maximum Gasteiger partial charge on any atom is 0.338 e. The summed E-state index contributed by atoms with van der Waals surface area (Å²) in [4.78, 5) is 26.3. The summed E-state index contributed by atoms with van der Waals surface area (Å²) in [6.07, 6.45) is 1.81. The number of ether oxygens (including phenoxy) is 1. The fraction of sp³-hybridized carbons (Fsp3) is 0.250. The Labute approximate surface area is 132 Å². The van der Waals surface area contributed by atoms with Gasteiger partial charge in [0, 0.05) is 18.1 Å². The van der Waals surface area contributed by atoms with Crippen LogP contribution in [0.25, 0.3) is 0 Å². The van der Waals surface area contributed by atoms with E-state index in [4.69, 9.17) is 4.74 Å². The number of fused-ring (bicyclic) bond motifs is 1. The lowest BCUT2D eigenvalue weighted by Crippen LogP contribution is -2.48. The third kappa shape index (κ3) is 2.11. The van der Waals surface area contributed by atoms with E-state index in [1.807, 2.05) is 43.6 Å². The Hall–Kier alpha value is -2.21. The molecule has 6 heteroatoms. The van der Waals surface area contributed by atoms with E-state index >= 15 is 0 Å². The molecule has 5 nitrogen and oxygen atoms in total. The third-order valence-corrected chi connectivity index (χ3v) is 5.03. The number of aromatic nitrogens is 1. The fourth-order valence-corrected chi connectivity index (χ4v) is 3.86. The topological polar surface area (TPSA) is 60.3 Å². The summed E-state index contributed by atoms with van der Waals surface area (Å²) >= 11 is 1.23. The summed E-state index contributed by atoms with van der Waals surface area (Å²) in [6.45, 7) is 1.95. The van der Waals surface area contributed by atoms with Gasteiger partial charge in [0.15, 0.2) is 0 Å². The summed E-state index contributed by atoms with van der Waals surface area (Å²) in [5.41, 5.74) is 1.31. The molecule has 3 rings (SSSR count). The molecule has 0 aliphatic carbocycles. The summed E-state index contributed by atoms with van der Waals surface area (Å²) < 4.78 is 5.56. The van der Waals surface area contributed by atoms with E-state index in [9.17, 15) is 9.59 Å². The van der Waals surface area contributed by atoms with Gasteiger partial charge < -0.3 is 14.6 Å². The average molecular weight is 316 g/mol. The summed E-state index contributed by atoms with van der Waals surface area (Å²) in [6, 6.07) is 11.0. The number of carbonyl (C=O) groups is 2. The van der Waals surface area contributed by atoms with Gasteiger partial charge in [0.05, 0.1) is 18.0 Å². The van der Waals surface area contributed by atoms with Crippen molar-refractivity contribution in [2.45, 2.75) is 16.6 Å². The number of hydrogen-bond donors (Lipinski definition) is 1. The van der Waals surface area contributed by atoms with Crippen LogP contribution in [0.1, 0.15) is 12.6 Å². The van der Waals surface area contributed by atoms with Gasteiger partial charge in [-0.3, -0.25) is 4.79 Å². The van der Waals surface area contributed by atoms with Crippen LogP contribution < -0.4 is 5.32 Å². The number of esters is 1. The van der Waals surface area contributed by atoms with Crippen LogP contribution in [0.3, 0.4) is 0 Å². The molecule has 1 atom stereocenters.